The SMILES string of the molecule is CC(C)C[C@H](C)COc1ccc(-c2ccnc(Cl)n2)cc1C(F)(F)F. The lowest BCUT2D eigenvalue weighted by Crippen LogP contribution is -2.14. The Balaban J connectivity index is 2.29. The Labute approximate surface area is 150 Å². The lowest BCUT2D eigenvalue weighted by molar-refractivity contribution is -0.139. The molecule has 0 radical (unpaired) electrons. The molecule has 0 saturated carbocycles. The van der Waals surface area contributed by atoms with E-state index < -0.39 is 11.7 Å². The average molecular weight is 373 g/mol. The average Bonchev–Trinajstić information content (AvgIpc) is 2.51. The molecule has 1 heterocycles. The van der Waals surface area contributed by atoms with Crippen LogP contribution < -0.4 is 4.74 Å². The lowest BCUT2D eigenvalue weighted by atomic mass is 10.00. The van der Waals surface area contributed by atoms with Gasteiger partial charge in [0.1, 0.15) is 5.75 Å². The molecule has 0 amide bonds. The van der Waals surface area contributed by atoms with Gasteiger partial charge >= 0.3 is 6.18 Å². The molecule has 7 heteroatoms. The highest BCUT2D eigenvalue weighted by Crippen LogP contribution is 2.38. The van der Waals surface area contributed by atoms with Gasteiger partial charge in [0.2, 0.25) is 5.28 Å². The summed E-state index contributed by atoms with van der Waals surface area (Å²) in [6, 6.07) is 5.40. The van der Waals surface area contributed by atoms with Crippen molar-refractivity contribution in [3.63, 3.8) is 0 Å². The molecule has 1 aromatic carbocycles. The van der Waals surface area contributed by atoms with Crippen LogP contribution >= 0.6 is 11.6 Å². The highest BCUT2D eigenvalue weighted by molar-refractivity contribution is 6.28. The third-order valence-corrected chi connectivity index (χ3v) is 3.79. The number of ether oxygens (including phenoxy) is 1. The number of benzene rings is 1. The van der Waals surface area contributed by atoms with E-state index in [1.165, 1.54) is 24.4 Å². The van der Waals surface area contributed by atoms with Crippen molar-refractivity contribution in [3.05, 3.63) is 41.3 Å². The number of rotatable bonds is 6. The summed E-state index contributed by atoms with van der Waals surface area (Å²) in [5.41, 5.74) is -0.194. The Kier molecular flexibility index (Phi) is 6.27. The van der Waals surface area contributed by atoms with Gasteiger partial charge < -0.3 is 4.74 Å². The van der Waals surface area contributed by atoms with E-state index in [9.17, 15) is 13.2 Å². The molecule has 136 valence electrons. The van der Waals surface area contributed by atoms with E-state index >= 15 is 0 Å². The Bertz CT molecular complexity index is 720. The second-order valence-electron chi connectivity index (χ2n) is 6.47. The summed E-state index contributed by atoms with van der Waals surface area (Å²) in [6.45, 7) is 6.34. The van der Waals surface area contributed by atoms with Crippen LogP contribution in [0, 0.1) is 11.8 Å². The van der Waals surface area contributed by atoms with Gasteiger partial charge in [0.25, 0.3) is 0 Å². The molecule has 2 rings (SSSR count). The molecule has 0 aliphatic rings. The van der Waals surface area contributed by atoms with Gasteiger partial charge in [-0.15, -0.1) is 0 Å². The standard InChI is InChI=1S/C18H20ClF3N2O/c1-11(2)8-12(3)10-25-16-5-4-13(9-14(16)18(20,21)22)15-6-7-23-17(19)24-15/h4-7,9,11-12H,8,10H2,1-3H3/t12-/m0/s1. The van der Waals surface area contributed by atoms with Crippen LogP contribution in [0.15, 0.2) is 30.5 Å². The first-order valence-electron chi connectivity index (χ1n) is 7.99. The first-order chi connectivity index (χ1) is 11.7. The smallest absolute Gasteiger partial charge is 0.419 e. The Hall–Kier alpha value is -1.82. The van der Waals surface area contributed by atoms with Crippen molar-refractivity contribution in [2.24, 2.45) is 11.8 Å². The molecule has 0 saturated heterocycles. The summed E-state index contributed by atoms with van der Waals surface area (Å²) < 4.78 is 45.7. The maximum atomic E-state index is 13.4. The topological polar surface area (TPSA) is 35.0 Å². The summed E-state index contributed by atoms with van der Waals surface area (Å²) >= 11 is 5.71. The van der Waals surface area contributed by atoms with Crippen LogP contribution in [-0.4, -0.2) is 16.6 Å². The number of halogens is 4. The molecule has 0 aliphatic heterocycles. The lowest BCUT2D eigenvalue weighted by Gasteiger charge is -2.18. The summed E-state index contributed by atoms with van der Waals surface area (Å²) in [7, 11) is 0. The summed E-state index contributed by atoms with van der Waals surface area (Å²) in [6.07, 6.45) is -2.24. The summed E-state index contributed by atoms with van der Waals surface area (Å²) in [4.78, 5) is 7.68. The van der Waals surface area contributed by atoms with Gasteiger partial charge in [-0.3, -0.25) is 0 Å². The zero-order valence-corrected chi connectivity index (χ0v) is 15.0. The van der Waals surface area contributed by atoms with Crippen molar-refractivity contribution in [2.75, 3.05) is 6.61 Å². The van der Waals surface area contributed by atoms with E-state index in [4.69, 9.17) is 16.3 Å². The van der Waals surface area contributed by atoms with Gasteiger partial charge in [-0.25, -0.2) is 9.97 Å². The fraction of sp³-hybridized carbons (Fsp3) is 0.444. The minimum Gasteiger partial charge on any atom is -0.493 e. The summed E-state index contributed by atoms with van der Waals surface area (Å²) in [5.74, 6) is 0.457. The molecule has 0 spiro atoms. The quantitative estimate of drug-likeness (QED) is 0.594. The molecule has 0 unspecified atom stereocenters. The van der Waals surface area contributed by atoms with Crippen LogP contribution in [0.5, 0.6) is 5.75 Å². The van der Waals surface area contributed by atoms with Crippen LogP contribution in [0.3, 0.4) is 0 Å². The molecule has 2 aromatic rings. The van der Waals surface area contributed by atoms with E-state index in [-0.39, 0.29) is 23.6 Å². The highest BCUT2D eigenvalue weighted by Gasteiger charge is 2.35. The van der Waals surface area contributed by atoms with Crippen LogP contribution in [0.25, 0.3) is 11.3 Å². The third kappa shape index (κ3) is 5.59. The van der Waals surface area contributed by atoms with Crippen molar-refractivity contribution < 1.29 is 17.9 Å². The Morgan fingerprint density at radius 1 is 1.16 bits per heavy atom. The zero-order chi connectivity index (χ0) is 18.6. The van der Waals surface area contributed by atoms with E-state index in [0.29, 0.717) is 17.2 Å². The summed E-state index contributed by atoms with van der Waals surface area (Å²) in [5, 5.41) is -0.0195. The minimum absolute atomic E-state index is 0.0195. The molecule has 0 fully saturated rings. The van der Waals surface area contributed by atoms with Crippen LogP contribution in [0.4, 0.5) is 13.2 Å². The zero-order valence-electron chi connectivity index (χ0n) is 14.3. The molecule has 0 bridgehead atoms. The van der Waals surface area contributed by atoms with Crippen LogP contribution in [0.1, 0.15) is 32.8 Å². The maximum absolute atomic E-state index is 13.4. The van der Waals surface area contributed by atoms with E-state index in [0.717, 1.165) is 12.5 Å². The third-order valence-electron chi connectivity index (χ3n) is 3.60. The van der Waals surface area contributed by atoms with Crippen molar-refractivity contribution in [3.8, 4) is 17.0 Å². The van der Waals surface area contributed by atoms with E-state index in [1.54, 1.807) is 0 Å². The normalized spacial score (nSPS) is 13.1. The van der Waals surface area contributed by atoms with Gasteiger partial charge in [-0.2, -0.15) is 13.2 Å². The first kappa shape index (κ1) is 19.5. The molecule has 1 atom stereocenters. The molecule has 0 N–H and O–H groups in total. The van der Waals surface area contributed by atoms with Crippen molar-refractivity contribution in [1.29, 1.82) is 0 Å². The van der Waals surface area contributed by atoms with Gasteiger partial charge in [-0.1, -0.05) is 20.8 Å². The number of nitrogens with zero attached hydrogens (tertiary/aromatic N) is 2. The van der Waals surface area contributed by atoms with Gasteiger partial charge in [0, 0.05) is 11.8 Å². The molecule has 25 heavy (non-hydrogen) atoms. The largest absolute Gasteiger partial charge is 0.493 e. The van der Waals surface area contributed by atoms with E-state index in [2.05, 4.69) is 23.8 Å². The van der Waals surface area contributed by atoms with E-state index in [1.807, 2.05) is 6.92 Å². The predicted molar refractivity (Wildman–Crippen MR) is 91.6 cm³/mol. The molecule has 1 aromatic heterocycles. The minimum atomic E-state index is -4.52. The monoisotopic (exact) mass is 372 g/mol. The van der Waals surface area contributed by atoms with Crippen molar-refractivity contribution in [1.82, 2.24) is 9.97 Å². The first-order valence-corrected chi connectivity index (χ1v) is 8.37. The van der Waals surface area contributed by atoms with Gasteiger partial charge in [-0.05, 0) is 54.1 Å². The number of hydrogen-bond acceptors (Lipinski definition) is 3. The predicted octanol–water partition coefficient (Wildman–Crippen LogP) is 5.88. The van der Waals surface area contributed by atoms with Gasteiger partial charge in [0.15, 0.2) is 0 Å². The van der Waals surface area contributed by atoms with Crippen LogP contribution in [0.2, 0.25) is 5.28 Å². The van der Waals surface area contributed by atoms with Gasteiger partial charge in [0.05, 0.1) is 17.9 Å². The molecule has 0 aliphatic carbocycles. The van der Waals surface area contributed by atoms with Crippen LogP contribution in [-0.2, 0) is 6.18 Å². The molecular formula is C18H20ClF3N2O. The highest BCUT2D eigenvalue weighted by atomic mass is 35.5. The Morgan fingerprint density at radius 3 is 2.48 bits per heavy atom. The van der Waals surface area contributed by atoms with Crippen molar-refractivity contribution in [2.45, 2.75) is 33.4 Å². The molecular weight excluding hydrogens is 353 g/mol. The number of hydrogen-bond donors (Lipinski definition) is 0. The fourth-order valence-corrected chi connectivity index (χ4v) is 2.78. The molecule has 3 nitrogen and oxygen atoms in total. The second-order valence-corrected chi connectivity index (χ2v) is 6.80. The number of alkyl halides is 3. The fourth-order valence-electron chi connectivity index (χ4n) is 2.64. The second kappa shape index (κ2) is 8.04. The number of aromatic nitrogens is 2. The maximum Gasteiger partial charge on any atom is 0.419 e. The van der Waals surface area contributed by atoms with Crippen molar-refractivity contribution >= 4 is 11.6 Å². The Morgan fingerprint density at radius 2 is 1.88 bits per heavy atom.